The normalized spacial score (nSPS) is 10.0. The van der Waals surface area contributed by atoms with Gasteiger partial charge in [0.1, 0.15) is 0 Å². The van der Waals surface area contributed by atoms with Gasteiger partial charge in [-0.2, -0.15) is 4.39 Å². The number of amides is 1. The van der Waals surface area contributed by atoms with Crippen LogP contribution in [-0.2, 0) is 0 Å². The molecule has 17 heavy (non-hydrogen) atoms. The van der Waals surface area contributed by atoms with Crippen LogP contribution < -0.4 is 5.32 Å². The topological polar surface area (TPSA) is 42.0 Å². The molecule has 1 N–H and O–H groups in total. The minimum atomic E-state index is -0.621. The van der Waals surface area contributed by atoms with Gasteiger partial charge in [-0.1, -0.05) is 17.7 Å². The third-order valence-electron chi connectivity index (χ3n) is 2.07. The van der Waals surface area contributed by atoms with Gasteiger partial charge in [-0.15, -0.1) is 0 Å². The number of rotatable bonds is 2. The maximum absolute atomic E-state index is 12.6. The first-order valence-electron chi connectivity index (χ1n) is 4.83. The van der Waals surface area contributed by atoms with Gasteiger partial charge in [0.25, 0.3) is 5.91 Å². The Morgan fingerprint density at radius 3 is 2.76 bits per heavy atom. The molecule has 2 rings (SSSR count). The third kappa shape index (κ3) is 3.01. The molecule has 0 fully saturated rings. The second-order valence-corrected chi connectivity index (χ2v) is 3.77. The zero-order valence-corrected chi connectivity index (χ0v) is 9.41. The largest absolute Gasteiger partial charge is 0.322 e. The maximum Gasteiger partial charge on any atom is 0.257 e. The molecule has 1 aromatic carbocycles. The standard InChI is InChI=1S/C12H8ClFN2O/c13-9-2-1-3-10(6-9)16-12(17)8-4-5-11(14)15-7-8/h1-7H,(H,16,17). The highest BCUT2D eigenvalue weighted by atomic mass is 35.5. The van der Waals surface area contributed by atoms with Gasteiger partial charge in [-0.25, -0.2) is 4.98 Å². The minimum Gasteiger partial charge on any atom is -0.322 e. The Labute approximate surface area is 102 Å². The molecule has 0 saturated heterocycles. The maximum atomic E-state index is 12.6. The zero-order chi connectivity index (χ0) is 12.3. The second kappa shape index (κ2) is 4.93. The van der Waals surface area contributed by atoms with Crippen LogP contribution in [0.4, 0.5) is 10.1 Å². The number of hydrogen-bond donors (Lipinski definition) is 1. The Hall–Kier alpha value is -1.94. The van der Waals surface area contributed by atoms with Crippen LogP contribution in [0, 0.1) is 5.95 Å². The van der Waals surface area contributed by atoms with Gasteiger partial charge in [0.05, 0.1) is 5.56 Å². The summed E-state index contributed by atoms with van der Waals surface area (Å²) in [4.78, 5) is 15.1. The Bertz CT molecular complexity index is 542. The van der Waals surface area contributed by atoms with Crippen molar-refractivity contribution in [3.63, 3.8) is 0 Å². The number of hydrogen-bond acceptors (Lipinski definition) is 2. The molecular formula is C12H8ClFN2O. The summed E-state index contributed by atoms with van der Waals surface area (Å²) >= 11 is 5.78. The molecule has 0 saturated carbocycles. The summed E-state index contributed by atoms with van der Waals surface area (Å²) in [7, 11) is 0. The van der Waals surface area contributed by atoms with Gasteiger partial charge in [0.15, 0.2) is 0 Å². The molecular weight excluding hydrogens is 243 g/mol. The Morgan fingerprint density at radius 2 is 2.12 bits per heavy atom. The molecule has 5 heteroatoms. The van der Waals surface area contributed by atoms with Crippen molar-refractivity contribution in [2.24, 2.45) is 0 Å². The van der Waals surface area contributed by atoms with Crippen LogP contribution in [0.3, 0.4) is 0 Å². The van der Waals surface area contributed by atoms with Crippen molar-refractivity contribution >= 4 is 23.2 Å². The number of benzene rings is 1. The molecule has 0 bridgehead atoms. The molecule has 0 aliphatic carbocycles. The summed E-state index contributed by atoms with van der Waals surface area (Å²) in [5.41, 5.74) is 0.859. The Morgan fingerprint density at radius 1 is 1.29 bits per heavy atom. The van der Waals surface area contributed by atoms with E-state index in [9.17, 15) is 9.18 Å². The molecule has 0 aliphatic rings. The highest BCUT2D eigenvalue weighted by Gasteiger charge is 2.06. The first kappa shape index (κ1) is 11.5. The van der Waals surface area contributed by atoms with E-state index in [0.29, 0.717) is 10.7 Å². The predicted octanol–water partition coefficient (Wildman–Crippen LogP) is 3.13. The van der Waals surface area contributed by atoms with E-state index in [1.807, 2.05) is 0 Å². The summed E-state index contributed by atoms with van der Waals surface area (Å²) in [5, 5.41) is 3.16. The molecule has 1 heterocycles. The van der Waals surface area contributed by atoms with E-state index in [1.165, 1.54) is 12.3 Å². The van der Waals surface area contributed by atoms with Crippen molar-refractivity contribution in [3.05, 3.63) is 59.1 Å². The fourth-order valence-corrected chi connectivity index (χ4v) is 1.47. The van der Waals surface area contributed by atoms with Crippen molar-refractivity contribution in [1.29, 1.82) is 0 Å². The number of aromatic nitrogens is 1. The monoisotopic (exact) mass is 250 g/mol. The Kier molecular flexibility index (Phi) is 3.35. The molecule has 0 spiro atoms. The molecule has 0 aliphatic heterocycles. The smallest absolute Gasteiger partial charge is 0.257 e. The number of carbonyl (C=O) groups excluding carboxylic acids is 1. The van der Waals surface area contributed by atoms with Crippen molar-refractivity contribution in [3.8, 4) is 0 Å². The summed E-state index contributed by atoms with van der Waals surface area (Å²) in [6, 6.07) is 9.25. The lowest BCUT2D eigenvalue weighted by atomic mass is 10.2. The first-order valence-corrected chi connectivity index (χ1v) is 5.21. The fourth-order valence-electron chi connectivity index (χ4n) is 1.28. The molecule has 1 aromatic heterocycles. The number of nitrogens with zero attached hydrogens (tertiary/aromatic N) is 1. The molecule has 1 amide bonds. The molecule has 3 nitrogen and oxygen atoms in total. The van der Waals surface area contributed by atoms with E-state index in [1.54, 1.807) is 24.3 Å². The molecule has 0 atom stereocenters. The van der Waals surface area contributed by atoms with Gasteiger partial charge in [-0.3, -0.25) is 4.79 Å². The van der Waals surface area contributed by atoms with Crippen molar-refractivity contribution in [2.75, 3.05) is 5.32 Å². The van der Waals surface area contributed by atoms with Crippen LogP contribution in [0.25, 0.3) is 0 Å². The quantitative estimate of drug-likeness (QED) is 0.832. The van der Waals surface area contributed by atoms with Crippen LogP contribution >= 0.6 is 11.6 Å². The van der Waals surface area contributed by atoms with Gasteiger partial charge in [0.2, 0.25) is 5.95 Å². The first-order chi connectivity index (χ1) is 8.15. The average Bonchev–Trinajstić information content (AvgIpc) is 2.29. The van der Waals surface area contributed by atoms with Crippen LogP contribution in [-0.4, -0.2) is 10.9 Å². The molecule has 0 radical (unpaired) electrons. The van der Waals surface area contributed by atoms with Crippen molar-refractivity contribution in [2.45, 2.75) is 0 Å². The molecule has 0 unspecified atom stereocenters. The summed E-state index contributed by atoms with van der Waals surface area (Å²) < 4.78 is 12.6. The SMILES string of the molecule is O=C(Nc1cccc(Cl)c1)c1ccc(F)nc1. The fraction of sp³-hybridized carbons (Fsp3) is 0. The number of carbonyl (C=O) groups is 1. The second-order valence-electron chi connectivity index (χ2n) is 3.33. The van der Waals surface area contributed by atoms with E-state index in [-0.39, 0.29) is 11.5 Å². The van der Waals surface area contributed by atoms with E-state index in [2.05, 4.69) is 10.3 Å². The number of halogens is 2. The van der Waals surface area contributed by atoms with Crippen molar-refractivity contribution < 1.29 is 9.18 Å². The van der Waals surface area contributed by atoms with Crippen LogP contribution in [0.1, 0.15) is 10.4 Å². The van der Waals surface area contributed by atoms with E-state index < -0.39 is 5.95 Å². The average molecular weight is 251 g/mol. The number of anilines is 1. The lowest BCUT2D eigenvalue weighted by molar-refractivity contribution is 0.102. The van der Waals surface area contributed by atoms with E-state index >= 15 is 0 Å². The third-order valence-corrected chi connectivity index (χ3v) is 2.31. The van der Waals surface area contributed by atoms with Gasteiger partial charge < -0.3 is 5.32 Å². The summed E-state index contributed by atoms with van der Waals surface area (Å²) in [6.07, 6.45) is 1.18. The van der Waals surface area contributed by atoms with Gasteiger partial charge in [-0.05, 0) is 30.3 Å². The van der Waals surface area contributed by atoms with E-state index in [4.69, 9.17) is 11.6 Å². The van der Waals surface area contributed by atoms with Gasteiger partial charge in [0, 0.05) is 16.9 Å². The summed E-state index contributed by atoms with van der Waals surface area (Å²) in [6.45, 7) is 0. The highest BCUT2D eigenvalue weighted by molar-refractivity contribution is 6.30. The van der Waals surface area contributed by atoms with Crippen LogP contribution in [0.5, 0.6) is 0 Å². The number of nitrogens with one attached hydrogen (secondary N) is 1. The molecule has 86 valence electrons. The lowest BCUT2D eigenvalue weighted by Gasteiger charge is -2.04. The minimum absolute atomic E-state index is 0.284. The van der Waals surface area contributed by atoms with Crippen LogP contribution in [0.2, 0.25) is 5.02 Å². The van der Waals surface area contributed by atoms with Gasteiger partial charge >= 0.3 is 0 Å². The van der Waals surface area contributed by atoms with Crippen LogP contribution in [0.15, 0.2) is 42.6 Å². The highest BCUT2D eigenvalue weighted by Crippen LogP contribution is 2.15. The lowest BCUT2D eigenvalue weighted by Crippen LogP contribution is -2.12. The number of pyridine rings is 1. The summed E-state index contributed by atoms with van der Waals surface area (Å²) in [5.74, 6) is -0.982. The Balaban J connectivity index is 2.14. The van der Waals surface area contributed by atoms with E-state index in [0.717, 1.165) is 6.07 Å². The van der Waals surface area contributed by atoms with Crippen molar-refractivity contribution in [1.82, 2.24) is 4.98 Å². The predicted molar refractivity (Wildman–Crippen MR) is 63.6 cm³/mol. The molecule has 2 aromatic rings. The zero-order valence-electron chi connectivity index (χ0n) is 8.65.